The highest BCUT2D eigenvalue weighted by atomic mass is 16.5. The van der Waals surface area contributed by atoms with E-state index in [2.05, 4.69) is 19.2 Å². The lowest BCUT2D eigenvalue weighted by Gasteiger charge is -2.35. The first kappa shape index (κ1) is 11.4. The van der Waals surface area contributed by atoms with Crippen LogP contribution in [0.3, 0.4) is 0 Å². The minimum Gasteiger partial charge on any atom is -0.378 e. The summed E-state index contributed by atoms with van der Waals surface area (Å²) in [6.45, 7) is 7.79. The Morgan fingerprint density at radius 2 is 1.93 bits per heavy atom. The molecule has 0 unspecified atom stereocenters. The lowest BCUT2D eigenvalue weighted by molar-refractivity contribution is -0.0105. The molecule has 0 bridgehead atoms. The van der Waals surface area contributed by atoms with E-state index < -0.39 is 0 Å². The molecule has 0 aromatic rings. The minimum absolute atomic E-state index is 0.615. The molecular weight excluding hydrogens is 186 g/mol. The van der Waals surface area contributed by atoms with Gasteiger partial charge in [0.05, 0.1) is 19.3 Å². The molecule has 1 aliphatic carbocycles. The van der Waals surface area contributed by atoms with Crippen LogP contribution in [0.4, 0.5) is 0 Å². The van der Waals surface area contributed by atoms with Crippen LogP contribution < -0.4 is 5.32 Å². The molecule has 88 valence electrons. The average Bonchev–Trinajstić information content (AvgIpc) is 2.49. The summed E-state index contributed by atoms with van der Waals surface area (Å²) in [4.78, 5) is 0. The van der Waals surface area contributed by atoms with Crippen LogP contribution in [0.5, 0.6) is 0 Å². The zero-order chi connectivity index (χ0) is 10.7. The molecule has 1 saturated carbocycles. The van der Waals surface area contributed by atoms with Gasteiger partial charge in [0.15, 0.2) is 0 Å². The van der Waals surface area contributed by atoms with Crippen LogP contribution in [0.1, 0.15) is 46.0 Å². The Morgan fingerprint density at radius 3 is 2.40 bits per heavy atom. The summed E-state index contributed by atoms with van der Waals surface area (Å²) in [5, 5.41) is 3.68. The molecule has 0 atom stereocenters. The van der Waals surface area contributed by atoms with Gasteiger partial charge in [0.2, 0.25) is 0 Å². The van der Waals surface area contributed by atoms with Crippen LogP contribution in [0.2, 0.25) is 0 Å². The molecule has 0 aromatic heterocycles. The maximum absolute atomic E-state index is 5.20. The molecule has 2 fully saturated rings. The Balaban J connectivity index is 1.81. The highest BCUT2D eigenvalue weighted by Gasteiger charge is 2.35. The largest absolute Gasteiger partial charge is 0.378 e. The first-order chi connectivity index (χ1) is 7.20. The fraction of sp³-hybridized carbons (Fsp3) is 1.00. The summed E-state index contributed by atoms with van der Waals surface area (Å²) in [6.07, 6.45) is 7.15. The van der Waals surface area contributed by atoms with E-state index in [-0.39, 0.29) is 0 Å². The molecule has 2 heteroatoms. The Labute approximate surface area is 93.8 Å². The van der Waals surface area contributed by atoms with Gasteiger partial charge in [-0.3, -0.25) is 0 Å². The van der Waals surface area contributed by atoms with Crippen molar-refractivity contribution in [3.63, 3.8) is 0 Å². The van der Waals surface area contributed by atoms with E-state index in [1.165, 1.54) is 38.6 Å². The molecule has 2 aliphatic rings. The second-order valence-corrected chi connectivity index (χ2v) is 5.92. The lowest BCUT2D eigenvalue weighted by atomic mass is 9.78. The number of hydrogen-bond acceptors (Lipinski definition) is 2. The third-order valence-corrected chi connectivity index (χ3v) is 3.91. The molecule has 1 saturated heterocycles. The van der Waals surface area contributed by atoms with Crippen molar-refractivity contribution in [3.05, 3.63) is 0 Å². The number of hydrogen-bond donors (Lipinski definition) is 1. The molecule has 0 aromatic carbocycles. The summed E-state index contributed by atoms with van der Waals surface area (Å²) < 4.78 is 5.20. The number of rotatable bonds is 5. The number of nitrogens with one attached hydrogen (secondary N) is 1. The second kappa shape index (κ2) is 4.84. The van der Waals surface area contributed by atoms with Gasteiger partial charge in [0.25, 0.3) is 0 Å². The molecular formula is C13H25NO. The zero-order valence-electron chi connectivity index (χ0n) is 10.2. The molecule has 1 heterocycles. The molecule has 2 nitrogen and oxygen atoms in total. The van der Waals surface area contributed by atoms with E-state index in [4.69, 9.17) is 4.74 Å². The molecule has 0 amide bonds. The first-order valence-electron chi connectivity index (χ1n) is 6.51. The minimum atomic E-state index is 0.615. The third kappa shape index (κ3) is 2.94. The van der Waals surface area contributed by atoms with Gasteiger partial charge in [0, 0.05) is 6.54 Å². The van der Waals surface area contributed by atoms with Gasteiger partial charge in [-0.2, -0.15) is 0 Å². The van der Waals surface area contributed by atoms with Crippen molar-refractivity contribution in [2.24, 2.45) is 11.3 Å². The van der Waals surface area contributed by atoms with Crippen molar-refractivity contribution in [2.45, 2.75) is 52.0 Å². The predicted octanol–water partition coefficient (Wildman–Crippen LogP) is 2.58. The SMILES string of the molecule is CC(C)CC1(CNC2COC2)CCCC1. The fourth-order valence-corrected chi connectivity index (χ4v) is 3.16. The van der Waals surface area contributed by atoms with Crippen molar-refractivity contribution in [1.82, 2.24) is 5.32 Å². The second-order valence-electron chi connectivity index (χ2n) is 5.92. The molecule has 2 rings (SSSR count). The first-order valence-corrected chi connectivity index (χ1v) is 6.51. The van der Waals surface area contributed by atoms with E-state index in [1.807, 2.05) is 0 Å². The van der Waals surface area contributed by atoms with E-state index in [9.17, 15) is 0 Å². The van der Waals surface area contributed by atoms with Crippen molar-refractivity contribution < 1.29 is 4.74 Å². The van der Waals surface area contributed by atoms with Crippen LogP contribution in [-0.2, 0) is 4.74 Å². The standard InChI is InChI=1S/C13H25NO/c1-11(2)7-13(5-3-4-6-13)10-14-12-8-15-9-12/h11-12,14H,3-10H2,1-2H3. The van der Waals surface area contributed by atoms with Gasteiger partial charge < -0.3 is 10.1 Å². The Bertz CT molecular complexity index is 193. The Morgan fingerprint density at radius 1 is 1.27 bits per heavy atom. The molecule has 15 heavy (non-hydrogen) atoms. The maximum atomic E-state index is 5.20. The van der Waals surface area contributed by atoms with Crippen LogP contribution in [-0.4, -0.2) is 25.8 Å². The van der Waals surface area contributed by atoms with Crippen molar-refractivity contribution in [1.29, 1.82) is 0 Å². The monoisotopic (exact) mass is 211 g/mol. The quantitative estimate of drug-likeness (QED) is 0.754. The maximum Gasteiger partial charge on any atom is 0.0643 e. The van der Waals surface area contributed by atoms with Crippen molar-refractivity contribution in [2.75, 3.05) is 19.8 Å². The summed E-state index contributed by atoms with van der Waals surface area (Å²) in [5.41, 5.74) is 0.615. The number of ether oxygens (including phenoxy) is 1. The molecule has 0 radical (unpaired) electrons. The Kier molecular flexibility index (Phi) is 3.68. The highest BCUT2D eigenvalue weighted by Crippen LogP contribution is 2.42. The van der Waals surface area contributed by atoms with Crippen LogP contribution in [0.25, 0.3) is 0 Å². The van der Waals surface area contributed by atoms with Gasteiger partial charge in [0.1, 0.15) is 0 Å². The summed E-state index contributed by atoms with van der Waals surface area (Å²) >= 11 is 0. The van der Waals surface area contributed by atoms with Gasteiger partial charge in [-0.1, -0.05) is 26.7 Å². The smallest absolute Gasteiger partial charge is 0.0643 e. The summed E-state index contributed by atoms with van der Waals surface area (Å²) in [5.74, 6) is 0.836. The zero-order valence-corrected chi connectivity index (χ0v) is 10.2. The summed E-state index contributed by atoms with van der Waals surface area (Å²) in [7, 11) is 0. The van der Waals surface area contributed by atoms with E-state index in [0.29, 0.717) is 11.5 Å². The van der Waals surface area contributed by atoms with Gasteiger partial charge in [-0.05, 0) is 30.6 Å². The lowest BCUT2D eigenvalue weighted by Crippen LogP contribution is -2.49. The summed E-state index contributed by atoms with van der Waals surface area (Å²) in [6, 6.07) is 0.648. The highest BCUT2D eigenvalue weighted by molar-refractivity contribution is 4.89. The molecule has 1 aliphatic heterocycles. The van der Waals surface area contributed by atoms with E-state index >= 15 is 0 Å². The van der Waals surface area contributed by atoms with Gasteiger partial charge >= 0.3 is 0 Å². The van der Waals surface area contributed by atoms with Crippen molar-refractivity contribution in [3.8, 4) is 0 Å². The predicted molar refractivity (Wildman–Crippen MR) is 63.0 cm³/mol. The van der Waals surface area contributed by atoms with Gasteiger partial charge in [-0.25, -0.2) is 0 Å². The van der Waals surface area contributed by atoms with Crippen molar-refractivity contribution >= 4 is 0 Å². The molecule has 1 N–H and O–H groups in total. The normalized spacial score (nSPS) is 25.8. The van der Waals surface area contributed by atoms with Crippen LogP contribution in [0.15, 0.2) is 0 Å². The average molecular weight is 211 g/mol. The van der Waals surface area contributed by atoms with Crippen LogP contribution >= 0.6 is 0 Å². The third-order valence-electron chi connectivity index (χ3n) is 3.91. The van der Waals surface area contributed by atoms with Gasteiger partial charge in [-0.15, -0.1) is 0 Å². The van der Waals surface area contributed by atoms with E-state index in [0.717, 1.165) is 19.1 Å². The molecule has 0 spiro atoms. The van der Waals surface area contributed by atoms with E-state index in [1.54, 1.807) is 0 Å². The topological polar surface area (TPSA) is 21.3 Å². The van der Waals surface area contributed by atoms with Crippen LogP contribution in [0, 0.1) is 11.3 Å². The Hall–Kier alpha value is -0.0800. The fourth-order valence-electron chi connectivity index (χ4n) is 3.16.